The summed E-state index contributed by atoms with van der Waals surface area (Å²) in [6, 6.07) is 7.84. The lowest BCUT2D eigenvalue weighted by Crippen LogP contribution is -2.20. The van der Waals surface area contributed by atoms with Crippen molar-refractivity contribution < 1.29 is 4.74 Å². The zero-order valence-corrected chi connectivity index (χ0v) is 11.3. The molecule has 100 valence electrons. The van der Waals surface area contributed by atoms with Crippen LogP contribution < -0.4 is 5.73 Å². The molecule has 0 atom stereocenters. The smallest absolute Gasteiger partial charge is 0.122 e. The molecule has 3 N–H and O–H groups in total. The van der Waals surface area contributed by atoms with Crippen LogP contribution in [-0.4, -0.2) is 37.5 Å². The predicted molar refractivity (Wildman–Crippen MR) is 74.9 cm³/mol. The summed E-state index contributed by atoms with van der Waals surface area (Å²) in [7, 11) is 2.09. The maximum atomic E-state index is 7.42. The Morgan fingerprint density at radius 3 is 2.89 bits per heavy atom. The predicted octanol–water partition coefficient (Wildman–Crippen LogP) is 1.83. The van der Waals surface area contributed by atoms with Gasteiger partial charge < -0.3 is 15.4 Å². The van der Waals surface area contributed by atoms with Crippen molar-refractivity contribution in [2.45, 2.75) is 19.9 Å². The van der Waals surface area contributed by atoms with Crippen LogP contribution in [0.4, 0.5) is 0 Å². The van der Waals surface area contributed by atoms with E-state index in [-0.39, 0.29) is 5.84 Å². The van der Waals surface area contributed by atoms with Gasteiger partial charge in [0.05, 0.1) is 0 Å². The Hall–Kier alpha value is -1.39. The van der Waals surface area contributed by atoms with Gasteiger partial charge in [-0.3, -0.25) is 5.41 Å². The number of ether oxygens (including phenoxy) is 1. The summed E-state index contributed by atoms with van der Waals surface area (Å²) in [4.78, 5) is 2.25. The Bertz CT molecular complexity index is 379. The molecule has 0 heterocycles. The summed E-state index contributed by atoms with van der Waals surface area (Å²) in [5, 5.41) is 7.42. The van der Waals surface area contributed by atoms with Crippen LogP contribution in [-0.2, 0) is 11.3 Å². The van der Waals surface area contributed by atoms with Gasteiger partial charge in [-0.2, -0.15) is 0 Å². The average Bonchev–Trinajstić information content (AvgIpc) is 2.35. The third-order valence-electron chi connectivity index (χ3n) is 2.72. The molecule has 0 saturated carbocycles. The lowest BCUT2D eigenvalue weighted by Gasteiger charge is -2.17. The number of nitrogens with one attached hydrogen (secondary N) is 1. The fourth-order valence-corrected chi connectivity index (χ4v) is 1.81. The van der Waals surface area contributed by atoms with Crippen LogP contribution in [0.2, 0.25) is 0 Å². The molecule has 1 aromatic carbocycles. The molecule has 0 radical (unpaired) electrons. The highest BCUT2D eigenvalue weighted by atomic mass is 16.5. The minimum atomic E-state index is 0.121. The number of nitrogens with two attached hydrogens (primary N) is 1. The zero-order chi connectivity index (χ0) is 13.4. The maximum absolute atomic E-state index is 7.42. The van der Waals surface area contributed by atoms with Gasteiger partial charge >= 0.3 is 0 Å². The van der Waals surface area contributed by atoms with Crippen LogP contribution >= 0.6 is 0 Å². The molecule has 0 saturated heterocycles. The van der Waals surface area contributed by atoms with Crippen molar-refractivity contribution in [2.24, 2.45) is 5.73 Å². The van der Waals surface area contributed by atoms with Gasteiger partial charge in [0, 0.05) is 31.9 Å². The van der Waals surface area contributed by atoms with Crippen molar-refractivity contribution in [3.8, 4) is 0 Å². The van der Waals surface area contributed by atoms with Crippen molar-refractivity contribution in [3.63, 3.8) is 0 Å². The summed E-state index contributed by atoms with van der Waals surface area (Å²) in [5.74, 6) is 0.121. The average molecular weight is 249 g/mol. The van der Waals surface area contributed by atoms with Gasteiger partial charge in [0.25, 0.3) is 0 Å². The van der Waals surface area contributed by atoms with Crippen molar-refractivity contribution in [1.82, 2.24) is 4.90 Å². The topological polar surface area (TPSA) is 62.3 Å². The molecule has 1 aromatic rings. The normalized spacial score (nSPS) is 10.8. The fraction of sp³-hybridized carbons (Fsp3) is 0.500. The molecule has 4 heteroatoms. The van der Waals surface area contributed by atoms with Crippen molar-refractivity contribution in [1.29, 1.82) is 5.41 Å². The summed E-state index contributed by atoms with van der Waals surface area (Å²) >= 11 is 0. The standard InChI is InChI=1S/C14H23N3O/c1-3-18-9-5-8-17(2)11-12-6-4-7-13(10-12)14(15)16/h4,6-7,10H,3,5,8-9,11H2,1-2H3,(H3,15,16). The monoisotopic (exact) mass is 249 g/mol. The quantitative estimate of drug-likeness (QED) is 0.420. The Morgan fingerprint density at radius 1 is 1.44 bits per heavy atom. The molecule has 0 aliphatic heterocycles. The summed E-state index contributed by atoms with van der Waals surface area (Å²) in [5.41, 5.74) is 7.45. The van der Waals surface area contributed by atoms with Gasteiger partial charge in [0.1, 0.15) is 5.84 Å². The number of rotatable bonds is 8. The molecule has 0 bridgehead atoms. The first-order valence-corrected chi connectivity index (χ1v) is 6.33. The highest BCUT2D eigenvalue weighted by molar-refractivity contribution is 5.95. The number of nitrogens with zero attached hydrogens (tertiary/aromatic N) is 1. The van der Waals surface area contributed by atoms with Crippen LogP contribution in [0.5, 0.6) is 0 Å². The van der Waals surface area contributed by atoms with E-state index < -0.39 is 0 Å². The fourth-order valence-electron chi connectivity index (χ4n) is 1.81. The molecule has 4 nitrogen and oxygen atoms in total. The van der Waals surface area contributed by atoms with Crippen LogP contribution in [0.3, 0.4) is 0 Å². The van der Waals surface area contributed by atoms with E-state index >= 15 is 0 Å². The van der Waals surface area contributed by atoms with Crippen LogP contribution in [0.1, 0.15) is 24.5 Å². The van der Waals surface area contributed by atoms with Gasteiger partial charge in [0.15, 0.2) is 0 Å². The summed E-state index contributed by atoms with van der Waals surface area (Å²) < 4.78 is 5.31. The van der Waals surface area contributed by atoms with Crippen LogP contribution in [0, 0.1) is 5.41 Å². The van der Waals surface area contributed by atoms with Crippen LogP contribution in [0.15, 0.2) is 24.3 Å². The van der Waals surface area contributed by atoms with Gasteiger partial charge in [-0.15, -0.1) is 0 Å². The molecule has 18 heavy (non-hydrogen) atoms. The lowest BCUT2D eigenvalue weighted by atomic mass is 10.1. The SMILES string of the molecule is CCOCCCN(C)Cc1cccc(C(=N)N)c1. The molecule has 0 amide bonds. The second-order valence-electron chi connectivity index (χ2n) is 4.40. The molecule has 1 rings (SSSR count). The van der Waals surface area contributed by atoms with Gasteiger partial charge in [0.2, 0.25) is 0 Å². The molecule has 0 spiro atoms. The Kier molecular flexibility index (Phi) is 6.39. The third kappa shape index (κ3) is 5.29. The molecule has 0 fully saturated rings. The molecular formula is C14H23N3O. The Labute approximate surface area is 109 Å². The number of amidine groups is 1. The Balaban J connectivity index is 2.41. The number of hydrogen-bond donors (Lipinski definition) is 2. The molecule has 0 aromatic heterocycles. The third-order valence-corrected chi connectivity index (χ3v) is 2.72. The Morgan fingerprint density at radius 2 is 2.22 bits per heavy atom. The lowest BCUT2D eigenvalue weighted by molar-refractivity contribution is 0.135. The first kappa shape index (κ1) is 14.7. The molecule has 0 aliphatic rings. The number of hydrogen-bond acceptors (Lipinski definition) is 3. The van der Waals surface area contributed by atoms with E-state index in [2.05, 4.69) is 18.0 Å². The van der Waals surface area contributed by atoms with E-state index in [0.29, 0.717) is 0 Å². The van der Waals surface area contributed by atoms with Crippen molar-refractivity contribution in [3.05, 3.63) is 35.4 Å². The minimum Gasteiger partial charge on any atom is -0.384 e. The minimum absolute atomic E-state index is 0.121. The molecular weight excluding hydrogens is 226 g/mol. The molecule has 0 aliphatic carbocycles. The largest absolute Gasteiger partial charge is 0.384 e. The first-order valence-electron chi connectivity index (χ1n) is 6.33. The summed E-state index contributed by atoms with van der Waals surface area (Å²) in [6.07, 6.45) is 1.04. The highest BCUT2D eigenvalue weighted by Gasteiger charge is 2.02. The number of benzene rings is 1. The second-order valence-corrected chi connectivity index (χ2v) is 4.40. The van der Waals surface area contributed by atoms with E-state index in [0.717, 1.165) is 38.3 Å². The van der Waals surface area contributed by atoms with E-state index in [4.69, 9.17) is 15.9 Å². The van der Waals surface area contributed by atoms with Crippen molar-refractivity contribution >= 4 is 5.84 Å². The van der Waals surface area contributed by atoms with E-state index in [1.165, 1.54) is 5.56 Å². The van der Waals surface area contributed by atoms with E-state index in [1.54, 1.807) is 0 Å². The van der Waals surface area contributed by atoms with Gasteiger partial charge in [-0.25, -0.2) is 0 Å². The molecule has 0 unspecified atom stereocenters. The van der Waals surface area contributed by atoms with E-state index in [9.17, 15) is 0 Å². The van der Waals surface area contributed by atoms with Crippen molar-refractivity contribution in [2.75, 3.05) is 26.8 Å². The first-order chi connectivity index (χ1) is 8.63. The van der Waals surface area contributed by atoms with E-state index in [1.807, 2.05) is 25.1 Å². The summed E-state index contributed by atoms with van der Waals surface area (Å²) in [6.45, 7) is 5.48. The second kappa shape index (κ2) is 7.84. The van der Waals surface area contributed by atoms with Crippen LogP contribution in [0.25, 0.3) is 0 Å². The van der Waals surface area contributed by atoms with Gasteiger partial charge in [-0.1, -0.05) is 18.2 Å². The zero-order valence-electron chi connectivity index (χ0n) is 11.3. The van der Waals surface area contributed by atoms with Gasteiger partial charge in [-0.05, 0) is 32.0 Å². The highest BCUT2D eigenvalue weighted by Crippen LogP contribution is 2.07. The number of nitrogen functional groups attached to an aromatic ring is 1. The maximum Gasteiger partial charge on any atom is 0.122 e.